The number of nitrogens with zero attached hydrogens (tertiary/aromatic N) is 4. The Kier molecular flexibility index (Phi) is 3.97. The molecule has 0 atom stereocenters. The third kappa shape index (κ3) is 3.01. The Hall–Kier alpha value is -3.09. The topological polar surface area (TPSA) is 74.1 Å². The van der Waals surface area contributed by atoms with Gasteiger partial charge in [-0.25, -0.2) is 0 Å². The maximum atomic E-state index is 5.72. The minimum atomic E-state index is 0.587. The number of hydrogen-bond acceptors (Lipinski definition) is 6. The molecule has 0 aliphatic carbocycles. The number of hydrogen-bond donors (Lipinski definition) is 1. The van der Waals surface area contributed by atoms with Crippen molar-refractivity contribution in [1.29, 1.82) is 0 Å². The molecule has 4 rings (SSSR count). The highest BCUT2D eigenvalue weighted by molar-refractivity contribution is 5.45. The highest BCUT2D eigenvalue weighted by Crippen LogP contribution is 2.30. The van der Waals surface area contributed by atoms with Crippen LogP contribution in [0.3, 0.4) is 0 Å². The Labute approximate surface area is 139 Å². The third-order valence-corrected chi connectivity index (χ3v) is 3.73. The van der Waals surface area contributed by atoms with Gasteiger partial charge in [-0.2, -0.15) is 4.68 Å². The van der Waals surface area contributed by atoms with E-state index in [-0.39, 0.29) is 0 Å². The normalized spacial score (nSPS) is 13.3. The van der Waals surface area contributed by atoms with Gasteiger partial charge in [0.15, 0.2) is 11.5 Å². The van der Waals surface area contributed by atoms with E-state index in [1.54, 1.807) is 4.68 Å². The van der Waals surface area contributed by atoms with E-state index in [9.17, 15) is 0 Å². The van der Waals surface area contributed by atoms with Crippen LogP contribution >= 0.6 is 0 Å². The summed E-state index contributed by atoms with van der Waals surface area (Å²) in [6.07, 6.45) is 0.897. The molecule has 0 spiro atoms. The molecule has 24 heavy (non-hydrogen) atoms. The van der Waals surface area contributed by atoms with E-state index < -0.39 is 0 Å². The maximum absolute atomic E-state index is 5.72. The molecule has 0 unspecified atom stereocenters. The number of benzene rings is 2. The first kappa shape index (κ1) is 14.5. The smallest absolute Gasteiger partial charge is 0.248 e. The molecule has 0 saturated carbocycles. The minimum absolute atomic E-state index is 0.587. The van der Waals surface area contributed by atoms with E-state index in [1.807, 2.05) is 48.5 Å². The van der Waals surface area contributed by atoms with Gasteiger partial charge in [0.05, 0.1) is 18.9 Å². The Morgan fingerprint density at radius 2 is 1.83 bits per heavy atom. The summed E-state index contributed by atoms with van der Waals surface area (Å²) < 4.78 is 13.0. The quantitative estimate of drug-likeness (QED) is 0.795. The summed E-state index contributed by atoms with van der Waals surface area (Å²) in [4.78, 5) is 0. The van der Waals surface area contributed by atoms with E-state index in [1.165, 1.54) is 0 Å². The van der Waals surface area contributed by atoms with Crippen LogP contribution in [0.25, 0.3) is 5.69 Å². The van der Waals surface area contributed by atoms with Gasteiger partial charge in [0.1, 0.15) is 0 Å². The number of aromatic nitrogens is 4. The lowest BCUT2D eigenvalue weighted by Crippen LogP contribution is -2.07. The van der Waals surface area contributed by atoms with Gasteiger partial charge >= 0.3 is 0 Å². The van der Waals surface area contributed by atoms with Crippen LogP contribution in [0.5, 0.6) is 11.5 Å². The van der Waals surface area contributed by atoms with Crippen molar-refractivity contribution in [2.45, 2.75) is 13.0 Å². The van der Waals surface area contributed by atoms with Crippen LogP contribution in [0.4, 0.5) is 5.95 Å². The standard InChI is InChI=1S/C17H17N5O2/c1-2-5-14(6-3-1)22-17(19-20-21-22)18-12-13-7-8-15-16(11-13)24-10-4-9-23-15/h1-3,5-8,11H,4,9-10,12H2,(H,18,19,21). The van der Waals surface area contributed by atoms with Crippen molar-refractivity contribution in [1.82, 2.24) is 20.2 Å². The first-order valence-electron chi connectivity index (χ1n) is 7.86. The summed E-state index contributed by atoms with van der Waals surface area (Å²) in [6.45, 7) is 1.95. The Balaban J connectivity index is 1.50. The van der Waals surface area contributed by atoms with E-state index in [2.05, 4.69) is 20.8 Å². The Morgan fingerprint density at radius 1 is 1.00 bits per heavy atom. The van der Waals surface area contributed by atoms with Crippen molar-refractivity contribution in [2.24, 2.45) is 0 Å². The summed E-state index contributed by atoms with van der Waals surface area (Å²) in [5, 5.41) is 15.1. The third-order valence-electron chi connectivity index (χ3n) is 3.73. The second kappa shape index (κ2) is 6.57. The number of nitrogens with one attached hydrogen (secondary N) is 1. The fourth-order valence-electron chi connectivity index (χ4n) is 2.54. The number of fused-ring (bicyclic) bond motifs is 1. The molecule has 1 aliphatic rings. The second-order valence-corrected chi connectivity index (χ2v) is 5.43. The van der Waals surface area contributed by atoms with Crippen molar-refractivity contribution in [2.75, 3.05) is 18.5 Å². The van der Waals surface area contributed by atoms with E-state index in [0.29, 0.717) is 25.7 Å². The molecule has 7 heteroatoms. The van der Waals surface area contributed by atoms with Crippen LogP contribution in [0.1, 0.15) is 12.0 Å². The zero-order valence-electron chi connectivity index (χ0n) is 13.1. The average molecular weight is 323 g/mol. The molecular weight excluding hydrogens is 306 g/mol. The molecule has 1 aliphatic heterocycles. The molecule has 0 saturated heterocycles. The molecule has 3 aromatic rings. The van der Waals surface area contributed by atoms with Gasteiger partial charge in [0.25, 0.3) is 0 Å². The highest BCUT2D eigenvalue weighted by Gasteiger charge is 2.12. The van der Waals surface area contributed by atoms with Gasteiger partial charge in [-0.1, -0.05) is 29.4 Å². The SMILES string of the molecule is c1ccc(-n2nnnc2NCc2ccc3c(c2)OCCCO3)cc1. The van der Waals surface area contributed by atoms with Crippen LogP contribution in [0.15, 0.2) is 48.5 Å². The molecule has 1 aromatic heterocycles. The van der Waals surface area contributed by atoms with Crippen LogP contribution in [-0.4, -0.2) is 33.4 Å². The lowest BCUT2D eigenvalue weighted by molar-refractivity contribution is 0.297. The Morgan fingerprint density at radius 3 is 2.71 bits per heavy atom. The van der Waals surface area contributed by atoms with Gasteiger partial charge in [0, 0.05) is 13.0 Å². The second-order valence-electron chi connectivity index (χ2n) is 5.43. The van der Waals surface area contributed by atoms with E-state index in [0.717, 1.165) is 29.2 Å². The summed E-state index contributed by atoms with van der Waals surface area (Å²) in [5.74, 6) is 2.17. The van der Waals surface area contributed by atoms with Crippen LogP contribution in [0.2, 0.25) is 0 Å². The monoisotopic (exact) mass is 323 g/mol. The largest absolute Gasteiger partial charge is 0.490 e. The predicted molar refractivity (Wildman–Crippen MR) is 88.5 cm³/mol. The number of ether oxygens (including phenoxy) is 2. The fraction of sp³-hybridized carbons (Fsp3) is 0.235. The van der Waals surface area contributed by atoms with Crippen molar-refractivity contribution in [3.8, 4) is 17.2 Å². The summed E-state index contributed by atoms with van der Waals surface area (Å²) >= 11 is 0. The lowest BCUT2D eigenvalue weighted by atomic mass is 10.2. The molecule has 0 amide bonds. The molecule has 7 nitrogen and oxygen atoms in total. The van der Waals surface area contributed by atoms with Crippen LogP contribution in [0, 0.1) is 0 Å². The summed E-state index contributed by atoms with van der Waals surface area (Å²) in [6, 6.07) is 15.7. The Bertz CT molecular complexity index is 819. The van der Waals surface area contributed by atoms with Crippen molar-refractivity contribution >= 4 is 5.95 Å². The number of tetrazole rings is 1. The molecule has 122 valence electrons. The van der Waals surface area contributed by atoms with Crippen molar-refractivity contribution < 1.29 is 9.47 Å². The number of anilines is 1. The first-order valence-corrected chi connectivity index (χ1v) is 7.86. The molecule has 0 radical (unpaired) electrons. The number of rotatable bonds is 4. The van der Waals surface area contributed by atoms with Crippen molar-refractivity contribution in [3.05, 3.63) is 54.1 Å². The zero-order chi connectivity index (χ0) is 16.2. The predicted octanol–water partition coefficient (Wildman–Crippen LogP) is 2.44. The average Bonchev–Trinajstić information content (AvgIpc) is 2.98. The van der Waals surface area contributed by atoms with Gasteiger partial charge in [-0.3, -0.25) is 0 Å². The van der Waals surface area contributed by atoms with Crippen LogP contribution in [-0.2, 0) is 6.54 Å². The summed E-state index contributed by atoms with van der Waals surface area (Å²) in [7, 11) is 0. The molecular formula is C17H17N5O2. The molecule has 0 bridgehead atoms. The van der Waals surface area contributed by atoms with E-state index >= 15 is 0 Å². The minimum Gasteiger partial charge on any atom is -0.490 e. The maximum Gasteiger partial charge on any atom is 0.248 e. The molecule has 0 fully saturated rings. The van der Waals surface area contributed by atoms with E-state index in [4.69, 9.17) is 9.47 Å². The fourth-order valence-corrected chi connectivity index (χ4v) is 2.54. The number of para-hydroxylation sites is 1. The molecule has 1 N–H and O–H groups in total. The van der Waals surface area contributed by atoms with Crippen LogP contribution < -0.4 is 14.8 Å². The molecule has 2 heterocycles. The van der Waals surface area contributed by atoms with Gasteiger partial charge in [-0.15, -0.1) is 0 Å². The lowest BCUT2D eigenvalue weighted by Gasteiger charge is -2.10. The molecule has 2 aromatic carbocycles. The summed E-state index contributed by atoms with van der Waals surface area (Å²) in [5.41, 5.74) is 1.98. The van der Waals surface area contributed by atoms with Gasteiger partial charge < -0.3 is 14.8 Å². The first-order chi connectivity index (χ1) is 11.9. The zero-order valence-corrected chi connectivity index (χ0v) is 13.1. The highest BCUT2D eigenvalue weighted by atomic mass is 16.5. The van der Waals surface area contributed by atoms with Gasteiger partial charge in [0.2, 0.25) is 5.95 Å². The van der Waals surface area contributed by atoms with Gasteiger partial charge in [-0.05, 0) is 40.3 Å². The van der Waals surface area contributed by atoms with Crippen molar-refractivity contribution in [3.63, 3.8) is 0 Å².